The Balaban J connectivity index is 2.06. The second kappa shape index (κ2) is 7.88. The number of phenols is 1. The van der Waals surface area contributed by atoms with Gasteiger partial charge in [0.25, 0.3) is 5.91 Å². The number of carbonyl (C=O) groups excluding carboxylic acids is 3. The fraction of sp³-hybridized carbons (Fsp3) is 0.417. The van der Waals surface area contributed by atoms with Crippen LogP contribution in [0.15, 0.2) is 33.7 Å². The van der Waals surface area contributed by atoms with Gasteiger partial charge in [0.2, 0.25) is 11.4 Å². The molecule has 3 aliphatic carbocycles. The summed E-state index contributed by atoms with van der Waals surface area (Å²) >= 11 is 0. The maximum absolute atomic E-state index is 13.8. The third kappa shape index (κ3) is 2.92. The van der Waals surface area contributed by atoms with Crippen LogP contribution in [0.1, 0.15) is 22.3 Å². The molecule has 1 aromatic carbocycles. The second-order valence-electron chi connectivity index (χ2n) is 9.94. The highest BCUT2D eigenvalue weighted by molar-refractivity contribution is 6.25. The third-order valence-electron chi connectivity index (χ3n) is 7.52. The summed E-state index contributed by atoms with van der Waals surface area (Å²) in [5, 5.41) is 44.8. The first kappa shape index (κ1) is 25.4. The molecule has 0 heterocycles. The molecule has 0 aromatic heterocycles. The lowest BCUT2D eigenvalue weighted by molar-refractivity contribution is -0.152. The van der Waals surface area contributed by atoms with Crippen molar-refractivity contribution in [3.05, 3.63) is 39.9 Å². The molecule has 4 rings (SSSR count). The molecular weight excluding hydrogens is 470 g/mol. The summed E-state index contributed by atoms with van der Waals surface area (Å²) in [6.45, 7) is 3.42. The maximum Gasteiger partial charge on any atom is 0.255 e. The summed E-state index contributed by atoms with van der Waals surface area (Å²) in [5.41, 5.74) is 6.71. The van der Waals surface area contributed by atoms with E-state index in [0.717, 1.165) is 0 Å². The van der Waals surface area contributed by atoms with Crippen molar-refractivity contribution >= 4 is 35.6 Å². The topological polar surface area (TPSA) is 203 Å². The van der Waals surface area contributed by atoms with E-state index in [0.29, 0.717) is 11.3 Å². The number of ketones is 2. The van der Waals surface area contributed by atoms with Crippen molar-refractivity contribution in [3.8, 4) is 5.75 Å². The van der Waals surface area contributed by atoms with E-state index in [-0.39, 0.29) is 29.7 Å². The normalized spacial score (nSPS) is 29.6. The zero-order chi connectivity index (χ0) is 27.1. The van der Waals surface area contributed by atoms with Crippen LogP contribution in [-0.2, 0) is 16.0 Å². The van der Waals surface area contributed by atoms with Crippen LogP contribution in [0.25, 0.3) is 0 Å². The summed E-state index contributed by atoms with van der Waals surface area (Å²) in [5.74, 6) is -6.57. The predicted molar refractivity (Wildman–Crippen MR) is 131 cm³/mol. The molecule has 0 aliphatic heterocycles. The van der Waals surface area contributed by atoms with Gasteiger partial charge in [-0.2, -0.15) is 0 Å². The molecule has 192 valence electrons. The largest absolute Gasteiger partial charge is 0.510 e. The van der Waals surface area contributed by atoms with Crippen molar-refractivity contribution in [2.45, 2.75) is 30.0 Å². The summed E-state index contributed by atoms with van der Waals surface area (Å²) in [4.78, 5) is 46.2. The SMILES string of the molecule is C=Nc1cc(N(C)C)c2c(c1O)C(=O)C1=C(O)[C@]3(O)C(=O)C(C(N)=O)=C(O)C(N(C)C)[C@]3(N)C[C@@H]1C2. The van der Waals surface area contributed by atoms with Crippen LogP contribution >= 0.6 is 0 Å². The van der Waals surface area contributed by atoms with Gasteiger partial charge in [-0.1, -0.05) is 0 Å². The Kier molecular flexibility index (Phi) is 5.55. The van der Waals surface area contributed by atoms with Crippen LogP contribution in [0.2, 0.25) is 0 Å². The van der Waals surface area contributed by atoms with Crippen LogP contribution in [0, 0.1) is 5.92 Å². The number of hydrogen-bond donors (Lipinski definition) is 6. The number of hydrogen-bond acceptors (Lipinski definition) is 11. The van der Waals surface area contributed by atoms with E-state index < -0.39 is 63.4 Å². The first-order valence-corrected chi connectivity index (χ1v) is 11.1. The highest BCUT2D eigenvalue weighted by atomic mass is 16.4. The standard InChI is InChI=1S/C24H29N5O7/c1-27-11-7-12(28(2)3)10-6-9-8-23(26)19(29(4)5)18(32)15(22(25)35)21(34)24(23,36)20(33)13(9)17(31)14(10)16(11)30/h7,9,19,30,32-33,36H,1,6,8,26H2,2-5H3,(H2,25,35)/t9-,19?,23+,24-/m0/s1. The number of nitrogens with zero attached hydrogens (tertiary/aromatic N) is 3. The molecule has 12 heteroatoms. The molecule has 0 bridgehead atoms. The number of aliphatic imine (C=N–C) groups is 1. The minimum absolute atomic E-state index is 0.0392. The van der Waals surface area contributed by atoms with E-state index in [1.807, 2.05) is 0 Å². The number of benzene rings is 1. The van der Waals surface area contributed by atoms with Crippen molar-refractivity contribution in [3.63, 3.8) is 0 Å². The Morgan fingerprint density at radius 3 is 2.31 bits per heavy atom. The van der Waals surface area contributed by atoms with Crippen LogP contribution in [-0.4, -0.2) is 94.9 Å². The number of amides is 1. The number of primary amides is 1. The molecule has 4 atom stereocenters. The number of aliphatic hydroxyl groups is 3. The molecule has 8 N–H and O–H groups in total. The minimum atomic E-state index is -2.95. The van der Waals surface area contributed by atoms with E-state index >= 15 is 0 Å². The number of nitrogens with two attached hydrogens (primary N) is 2. The number of aliphatic hydroxyl groups excluding tert-OH is 2. The zero-order valence-electron chi connectivity index (χ0n) is 20.4. The van der Waals surface area contributed by atoms with Crippen molar-refractivity contribution in [2.24, 2.45) is 22.4 Å². The van der Waals surface area contributed by atoms with Crippen LogP contribution in [0.4, 0.5) is 11.4 Å². The molecule has 1 aromatic rings. The molecule has 0 saturated heterocycles. The van der Waals surface area contributed by atoms with Gasteiger partial charge in [0.1, 0.15) is 22.8 Å². The van der Waals surface area contributed by atoms with E-state index in [9.17, 15) is 34.8 Å². The molecule has 12 nitrogen and oxygen atoms in total. The Morgan fingerprint density at radius 1 is 1.19 bits per heavy atom. The van der Waals surface area contributed by atoms with E-state index in [1.54, 1.807) is 25.1 Å². The van der Waals surface area contributed by atoms with Gasteiger partial charge in [-0.3, -0.25) is 24.3 Å². The van der Waals surface area contributed by atoms with Crippen LogP contribution < -0.4 is 16.4 Å². The number of rotatable bonds is 4. The monoisotopic (exact) mass is 499 g/mol. The predicted octanol–water partition coefficient (Wildman–Crippen LogP) is -0.400. The van der Waals surface area contributed by atoms with Gasteiger partial charge in [-0.05, 0) is 51.2 Å². The molecular formula is C24H29N5O7. The molecule has 1 amide bonds. The molecule has 0 radical (unpaired) electrons. The maximum atomic E-state index is 13.8. The first-order chi connectivity index (χ1) is 16.6. The van der Waals surface area contributed by atoms with Crippen molar-refractivity contribution < 1.29 is 34.8 Å². The molecule has 0 fully saturated rings. The number of Topliss-reactive ketones (excluding diaryl/α,β-unsaturated/α-hetero) is 2. The molecule has 0 saturated carbocycles. The highest BCUT2D eigenvalue weighted by Crippen LogP contribution is 2.54. The summed E-state index contributed by atoms with van der Waals surface area (Å²) in [7, 11) is 6.50. The van der Waals surface area contributed by atoms with E-state index in [1.165, 1.54) is 19.0 Å². The zero-order valence-corrected chi connectivity index (χ0v) is 20.4. The quantitative estimate of drug-likeness (QED) is 0.234. The number of phenolic OH excluding ortho intramolecular Hbond substituents is 1. The lowest BCUT2D eigenvalue weighted by atomic mass is 9.54. The Labute approximate surface area is 206 Å². The van der Waals surface area contributed by atoms with Gasteiger partial charge in [-0.15, -0.1) is 0 Å². The summed E-state index contributed by atoms with van der Waals surface area (Å²) in [6.07, 6.45) is -0.122. The minimum Gasteiger partial charge on any atom is -0.510 e. The molecule has 0 spiro atoms. The lowest BCUT2D eigenvalue weighted by Gasteiger charge is -2.56. The van der Waals surface area contributed by atoms with Crippen molar-refractivity contribution in [1.29, 1.82) is 0 Å². The Morgan fingerprint density at radius 2 is 1.81 bits per heavy atom. The van der Waals surface area contributed by atoms with Crippen LogP contribution in [0.5, 0.6) is 5.75 Å². The average Bonchev–Trinajstić information content (AvgIpc) is 2.76. The number of carbonyl (C=O) groups is 3. The van der Waals surface area contributed by atoms with Gasteiger partial charge in [0, 0.05) is 25.4 Å². The number of likely N-dealkylation sites (N-methyl/N-ethyl adjacent to an activating group) is 1. The van der Waals surface area contributed by atoms with Crippen molar-refractivity contribution in [2.75, 3.05) is 33.1 Å². The van der Waals surface area contributed by atoms with Gasteiger partial charge < -0.3 is 36.8 Å². The Hall–Kier alpha value is -3.74. The molecule has 1 unspecified atom stereocenters. The summed E-state index contributed by atoms with van der Waals surface area (Å²) in [6, 6.07) is 0.262. The molecule has 36 heavy (non-hydrogen) atoms. The van der Waals surface area contributed by atoms with E-state index in [4.69, 9.17) is 11.5 Å². The fourth-order valence-corrected chi connectivity index (χ4v) is 6.02. The number of aromatic hydroxyl groups is 1. The number of fused-ring (bicyclic) bond motifs is 3. The third-order valence-corrected chi connectivity index (χ3v) is 7.52. The van der Waals surface area contributed by atoms with Gasteiger partial charge in [0.15, 0.2) is 11.5 Å². The second-order valence-corrected chi connectivity index (χ2v) is 9.94. The lowest BCUT2D eigenvalue weighted by Crippen LogP contribution is -2.79. The van der Waals surface area contributed by atoms with Gasteiger partial charge in [-0.25, -0.2) is 0 Å². The van der Waals surface area contributed by atoms with E-state index in [2.05, 4.69) is 11.7 Å². The average molecular weight is 500 g/mol. The Bertz CT molecular complexity index is 1310. The summed E-state index contributed by atoms with van der Waals surface area (Å²) < 4.78 is 0. The number of anilines is 1. The van der Waals surface area contributed by atoms with Gasteiger partial charge in [0.05, 0.1) is 17.1 Å². The van der Waals surface area contributed by atoms with Crippen LogP contribution in [0.3, 0.4) is 0 Å². The first-order valence-electron chi connectivity index (χ1n) is 11.1. The smallest absolute Gasteiger partial charge is 0.255 e. The van der Waals surface area contributed by atoms with Crippen molar-refractivity contribution in [1.82, 2.24) is 4.90 Å². The fourth-order valence-electron chi connectivity index (χ4n) is 6.02. The highest BCUT2D eigenvalue weighted by Gasteiger charge is 2.70. The number of allylic oxidation sites excluding steroid dienone is 1. The van der Waals surface area contributed by atoms with Gasteiger partial charge >= 0.3 is 0 Å². The molecule has 3 aliphatic rings.